The first-order valence-corrected chi connectivity index (χ1v) is 4.98. The number of anilines is 1. The molecule has 4 heteroatoms. The maximum atomic E-state index is 11.6. The number of benzene rings is 1. The number of para-hydroxylation sites is 1. The Balaban J connectivity index is 1.95. The Morgan fingerprint density at radius 1 is 1.19 bits per heavy atom. The maximum Gasteiger partial charge on any atom is 0.290 e. The molecule has 0 aliphatic carbocycles. The molecule has 2 rings (SSSR count). The SMILES string of the molecule is O=C(C[n+]1ccncc1)Nc1ccccc1. The summed E-state index contributed by atoms with van der Waals surface area (Å²) in [6, 6.07) is 9.39. The van der Waals surface area contributed by atoms with Crippen molar-refractivity contribution in [2.45, 2.75) is 6.54 Å². The summed E-state index contributed by atoms with van der Waals surface area (Å²) in [5, 5.41) is 2.81. The van der Waals surface area contributed by atoms with E-state index in [4.69, 9.17) is 0 Å². The quantitative estimate of drug-likeness (QED) is 0.775. The molecule has 1 aromatic carbocycles. The molecule has 0 spiro atoms. The zero-order chi connectivity index (χ0) is 11.2. The average molecular weight is 214 g/mol. The summed E-state index contributed by atoms with van der Waals surface area (Å²) < 4.78 is 1.77. The van der Waals surface area contributed by atoms with Gasteiger partial charge in [-0.05, 0) is 12.1 Å². The van der Waals surface area contributed by atoms with Gasteiger partial charge in [0.15, 0.2) is 12.4 Å². The molecular formula is C12H12N3O+. The Kier molecular flexibility index (Phi) is 3.23. The lowest BCUT2D eigenvalue weighted by molar-refractivity contribution is -0.684. The number of hydrogen-bond donors (Lipinski definition) is 1. The van der Waals surface area contributed by atoms with E-state index in [1.165, 1.54) is 0 Å². The second-order valence-electron chi connectivity index (χ2n) is 3.33. The van der Waals surface area contributed by atoms with Gasteiger partial charge in [0.25, 0.3) is 5.91 Å². The number of aromatic nitrogens is 2. The number of carbonyl (C=O) groups excluding carboxylic acids is 1. The summed E-state index contributed by atoms with van der Waals surface area (Å²) in [6.45, 7) is 0.289. The van der Waals surface area contributed by atoms with E-state index in [1.807, 2.05) is 30.3 Å². The fraction of sp³-hybridized carbons (Fsp3) is 0.0833. The van der Waals surface area contributed by atoms with Gasteiger partial charge in [-0.15, -0.1) is 0 Å². The van der Waals surface area contributed by atoms with Crippen LogP contribution in [0.5, 0.6) is 0 Å². The van der Waals surface area contributed by atoms with Crippen molar-refractivity contribution in [1.29, 1.82) is 0 Å². The topological polar surface area (TPSA) is 45.9 Å². The summed E-state index contributed by atoms with van der Waals surface area (Å²) >= 11 is 0. The Bertz CT molecular complexity index is 413. The van der Waals surface area contributed by atoms with Gasteiger partial charge in [-0.25, -0.2) is 0 Å². The highest BCUT2D eigenvalue weighted by Crippen LogP contribution is 2.03. The van der Waals surface area contributed by atoms with Crippen LogP contribution in [0.1, 0.15) is 0 Å². The summed E-state index contributed by atoms with van der Waals surface area (Å²) in [6.07, 6.45) is 6.81. The predicted molar refractivity (Wildman–Crippen MR) is 59.5 cm³/mol. The van der Waals surface area contributed by atoms with Crippen LogP contribution in [0, 0.1) is 0 Å². The Hall–Kier alpha value is -2.23. The molecule has 0 saturated carbocycles. The predicted octanol–water partition coefficient (Wildman–Crippen LogP) is 1.01. The van der Waals surface area contributed by atoms with Crippen LogP contribution in [0.2, 0.25) is 0 Å². The molecule has 4 nitrogen and oxygen atoms in total. The van der Waals surface area contributed by atoms with Crippen LogP contribution in [0.3, 0.4) is 0 Å². The van der Waals surface area contributed by atoms with Crippen molar-refractivity contribution < 1.29 is 9.36 Å². The number of nitrogens with one attached hydrogen (secondary N) is 1. The van der Waals surface area contributed by atoms with Gasteiger partial charge in [0.05, 0.1) is 12.4 Å². The van der Waals surface area contributed by atoms with E-state index in [2.05, 4.69) is 10.3 Å². The van der Waals surface area contributed by atoms with Crippen LogP contribution in [0.25, 0.3) is 0 Å². The van der Waals surface area contributed by atoms with Crippen LogP contribution in [-0.2, 0) is 11.3 Å². The largest absolute Gasteiger partial charge is 0.321 e. The fourth-order valence-corrected chi connectivity index (χ4v) is 1.34. The zero-order valence-electron chi connectivity index (χ0n) is 8.71. The second-order valence-corrected chi connectivity index (χ2v) is 3.33. The van der Waals surface area contributed by atoms with E-state index in [-0.39, 0.29) is 12.5 Å². The highest BCUT2D eigenvalue weighted by molar-refractivity contribution is 5.89. The van der Waals surface area contributed by atoms with E-state index < -0.39 is 0 Å². The molecule has 0 atom stereocenters. The van der Waals surface area contributed by atoms with Crippen LogP contribution in [0.4, 0.5) is 5.69 Å². The van der Waals surface area contributed by atoms with Crippen molar-refractivity contribution in [3.05, 3.63) is 55.1 Å². The van der Waals surface area contributed by atoms with E-state index in [0.29, 0.717) is 0 Å². The maximum absolute atomic E-state index is 11.6. The molecule has 0 radical (unpaired) electrons. The summed E-state index contributed by atoms with van der Waals surface area (Å²) in [7, 11) is 0. The average Bonchev–Trinajstić information content (AvgIpc) is 2.31. The number of nitrogens with zero attached hydrogens (tertiary/aromatic N) is 2. The minimum absolute atomic E-state index is 0.0533. The number of amides is 1. The minimum atomic E-state index is -0.0533. The highest BCUT2D eigenvalue weighted by Gasteiger charge is 2.08. The molecule has 0 aliphatic heterocycles. The fourth-order valence-electron chi connectivity index (χ4n) is 1.34. The lowest BCUT2D eigenvalue weighted by Gasteiger charge is -2.01. The van der Waals surface area contributed by atoms with Gasteiger partial charge < -0.3 is 5.32 Å². The molecule has 16 heavy (non-hydrogen) atoms. The smallest absolute Gasteiger partial charge is 0.290 e. The van der Waals surface area contributed by atoms with Crippen LogP contribution >= 0.6 is 0 Å². The normalized spacial score (nSPS) is 9.75. The third kappa shape index (κ3) is 2.88. The van der Waals surface area contributed by atoms with Crippen molar-refractivity contribution >= 4 is 11.6 Å². The van der Waals surface area contributed by atoms with Gasteiger partial charge in [0.2, 0.25) is 6.54 Å². The summed E-state index contributed by atoms with van der Waals surface area (Å²) in [4.78, 5) is 15.5. The van der Waals surface area contributed by atoms with Crippen LogP contribution in [0.15, 0.2) is 55.1 Å². The highest BCUT2D eigenvalue weighted by atomic mass is 16.1. The van der Waals surface area contributed by atoms with Crippen molar-refractivity contribution in [2.24, 2.45) is 0 Å². The van der Waals surface area contributed by atoms with Gasteiger partial charge in [-0.1, -0.05) is 18.2 Å². The zero-order valence-corrected chi connectivity index (χ0v) is 8.71. The molecule has 2 aromatic rings. The molecule has 0 unspecified atom stereocenters. The van der Waals surface area contributed by atoms with E-state index in [1.54, 1.807) is 29.4 Å². The van der Waals surface area contributed by atoms with Gasteiger partial charge in [-0.2, -0.15) is 4.57 Å². The first kappa shape index (κ1) is 10.3. The van der Waals surface area contributed by atoms with E-state index in [9.17, 15) is 4.79 Å². The van der Waals surface area contributed by atoms with Crippen molar-refractivity contribution in [3.8, 4) is 0 Å². The summed E-state index contributed by atoms with van der Waals surface area (Å²) in [5.41, 5.74) is 0.808. The van der Waals surface area contributed by atoms with Crippen LogP contribution < -0.4 is 9.88 Å². The molecule has 1 amide bonds. The molecule has 0 saturated heterocycles. The third-order valence-corrected chi connectivity index (χ3v) is 2.07. The van der Waals surface area contributed by atoms with Crippen molar-refractivity contribution in [3.63, 3.8) is 0 Å². The standard InChI is InChI=1S/C12H11N3O/c16-12(10-15-8-6-13-7-9-15)14-11-4-2-1-3-5-11/h1-9H,10H2/p+1. The first-order valence-electron chi connectivity index (χ1n) is 4.98. The molecular weight excluding hydrogens is 202 g/mol. The molecule has 1 aromatic heterocycles. The van der Waals surface area contributed by atoms with E-state index in [0.717, 1.165) is 5.69 Å². The number of carbonyl (C=O) groups is 1. The van der Waals surface area contributed by atoms with Gasteiger partial charge in [-0.3, -0.25) is 9.78 Å². The molecule has 80 valence electrons. The molecule has 0 aliphatic rings. The summed E-state index contributed by atoms with van der Waals surface area (Å²) in [5.74, 6) is -0.0533. The van der Waals surface area contributed by atoms with Gasteiger partial charge in [0, 0.05) is 5.69 Å². The minimum Gasteiger partial charge on any atom is -0.321 e. The Morgan fingerprint density at radius 3 is 2.56 bits per heavy atom. The van der Waals surface area contributed by atoms with E-state index >= 15 is 0 Å². The molecule has 0 fully saturated rings. The van der Waals surface area contributed by atoms with Gasteiger partial charge in [0.1, 0.15) is 0 Å². The Labute approximate surface area is 93.6 Å². The van der Waals surface area contributed by atoms with Crippen LogP contribution in [-0.4, -0.2) is 10.9 Å². The lowest BCUT2D eigenvalue weighted by Crippen LogP contribution is -2.39. The van der Waals surface area contributed by atoms with Gasteiger partial charge >= 0.3 is 0 Å². The molecule has 0 bridgehead atoms. The molecule has 1 N–H and O–H groups in total. The van der Waals surface area contributed by atoms with Crippen molar-refractivity contribution in [1.82, 2.24) is 4.98 Å². The number of hydrogen-bond acceptors (Lipinski definition) is 2. The second kappa shape index (κ2) is 5.02. The molecule has 1 heterocycles. The Morgan fingerprint density at radius 2 is 1.88 bits per heavy atom. The third-order valence-electron chi connectivity index (χ3n) is 2.07. The van der Waals surface area contributed by atoms with Crippen molar-refractivity contribution in [2.75, 3.05) is 5.32 Å². The monoisotopic (exact) mass is 214 g/mol. The first-order chi connectivity index (χ1) is 7.84. The lowest BCUT2D eigenvalue weighted by atomic mass is 10.3. The number of rotatable bonds is 3.